The molecule has 130 valence electrons. The molecule has 0 fully saturated rings. The molecule has 2 aromatic heterocycles. The van der Waals surface area contributed by atoms with Gasteiger partial charge in [0.15, 0.2) is 0 Å². The smallest absolute Gasteiger partial charge is 0.249 e. The highest BCUT2D eigenvalue weighted by atomic mass is 35.5. The molecule has 10 heteroatoms. The summed E-state index contributed by atoms with van der Waals surface area (Å²) in [5.74, 6) is 1.37. The van der Waals surface area contributed by atoms with Gasteiger partial charge in [-0.3, -0.25) is 0 Å². The minimum Gasteiger partial charge on any atom is -0.508 e. The lowest BCUT2D eigenvalue weighted by molar-refractivity contribution is 0.475. The van der Waals surface area contributed by atoms with Gasteiger partial charge >= 0.3 is 0 Å². The highest BCUT2D eigenvalue weighted by molar-refractivity contribution is 7.98. The van der Waals surface area contributed by atoms with Crippen molar-refractivity contribution in [3.8, 4) is 22.9 Å². The van der Waals surface area contributed by atoms with E-state index in [4.69, 9.17) is 16.0 Å². The van der Waals surface area contributed by atoms with Crippen molar-refractivity contribution >= 4 is 23.4 Å². The Balaban J connectivity index is 1.50. The van der Waals surface area contributed by atoms with E-state index in [0.717, 1.165) is 5.69 Å². The van der Waals surface area contributed by atoms with E-state index in [1.807, 2.05) is 18.2 Å². The Bertz CT molecular complexity index is 1030. The Morgan fingerprint density at radius 3 is 2.65 bits per heavy atom. The molecule has 4 aromatic rings. The second-order valence-electron chi connectivity index (χ2n) is 5.16. The number of benzene rings is 2. The molecule has 0 radical (unpaired) electrons. The van der Waals surface area contributed by atoms with Crippen LogP contribution in [0.2, 0.25) is 5.02 Å². The maximum absolute atomic E-state index is 9.39. The van der Waals surface area contributed by atoms with Gasteiger partial charge < -0.3 is 9.52 Å². The SMILES string of the molecule is Oc1ccc(-n2nnnc2SCc2nnc(-c3ccccc3Cl)o2)cc1. The standard InChI is InChI=1S/C16H11ClN6O2S/c17-13-4-2-1-3-12(13)15-19-18-14(25-15)9-26-16-20-21-22-23(16)10-5-7-11(24)8-6-10/h1-8,24H,9H2. The third-order valence-corrected chi connectivity index (χ3v) is 4.66. The zero-order valence-electron chi connectivity index (χ0n) is 13.2. The lowest BCUT2D eigenvalue weighted by Gasteiger charge is -2.03. The fourth-order valence-electron chi connectivity index (χ4n) is 2.21. The van der Waals surface area contributed by atoms with Crippen LogP contribution in [-0.2, 0) is 5.75 Å². The second-order valence-corrected chi connectivity index (χ2v) is 6.51. The summed E-state index contributed by atoms with van der Waals surface area (Å²) >= 11 is 7.50. The van der Waals surface area contributed by atoms with Crippen LogP contribution in [0.1, 0.15) is 5.89 Å². The van der Waals surface area contributed by atoms with Crippen molar-refractivity contribution in [2.24, 2.45) is 0 Å². The predicted molar refractivity (Wildman–Crippen MR) is 95.1 cm³/mol. The lowest BCUT2D eigenvalue weighted by Crippen LogP contribution is -1.98. The second kappa shape index (κ2) is 7.14. The van der Waals surface area contributed by atoms with Gasteiger partial charge in [-0.1, -0.05) is 35.5 Å². The van der Waals surface area contributed by atoms with Gasteiger partial charge in [-0.15, -0.1) is 15.3 Å². The van der Waals surface area contributed by atoms with Crippen molar-refractivity contribution in [2.45, 2.75) is 10.9 Å². The number of phenols is 1. The van der Waals surface area contributed by atoms with Gasteiger partial charge in [0, 0.05) is 0 Å². The molecule has 0 aliphatic rings. The fraction of sp³-hybridized carbons (Fsp3) is 0.0625. The molecule has 8 nitrogen and oxygen atoms in total. The molecule has 2 aromatic carbocycles. The van der Waals surface area contributed by atoms with Crippen LogP contribution in [0.5, 0.6) is 5.75 Å². The van der Waals surface area contributed by atoms with Gasteiger partial charge in [0.25, 0.3) is 0 Å². The number of hydrogen-bond acceptors (Lipinski definition) is 8. The molecular weight excluding hydrogens is 376 g/mol. The van der Waals surface area contributed by atoms with Gasteiger partial charge in [-0.05, 0) is 46.8 Å². The predicted octanol–water partition coefficient (Wildman–Crippen LogP) is 3.36. The molecule has 0 atom stereocenters. The molecule has 0 bridgehead atoms. The average Bonchev–Trinajstić information content (AvgIpc) is 3.30. The van der Waals surface area contributed by atoms with Crippen molar-refractivity contribution in [3.63, 3.8) is 0 Å². The first kappa shape index (κ1) is 16.6. The minimum absolute atomic E-state index is 0.175. The quantitative estimate of drug-likeness (QED) is 0.521. The Kier molecular flexibility index (Phi) is 4.55. The van der Waals surface area contributed by atoms with E-state index in [0.29, 0.717) is 33.3 Å². The summed E-state index contributed by atoms with van der Waals surface area (Å²) in [5.41, 5.74) is 1.42. The first-order valence-electron chi connectivity index (χ1n) is 7.48. The van der Waals surface area contributed by atoms with Crippen LogP contribution < -0.4 is 0 Å². The number of aromatic hydroxyl groups is 1. The Morgan fingerprint density at radius 1 is 1.04 bits per heavy atom. The number of thioether (sulfide) groups is 1. The molecule has 0 amide bonds. The van der Waals surface area contributed by atoms with Crippen LogP contribution in [0.25, 0.3) is 17.1 Å². The number of hydrogen-bond donors (Lipinski definition) is 1. The summed E-state index contributed by atoms with van der Waals surface area (Å²) in [6, 6.07) is 13.8. The van der Waals surface area contributed by atoms with Crippen LogP contribution in [0.15, 0.2) is 58.1 Å². The molecule has 2 heterocycles. The summed E-state index contributed by atoms with van der Waals surface area (Å²) in [5, 5.41) is 30.2. The number of halogens is 1. The molecule has 0 aliphatic heterocycles. The van der Waals surface area contributed by atoms with Crippen molar-refractivity contribution in [2.75, 3.05) is 0 Å². The van der Waals surface area contributed by atoms with E-state index < -0.39 is 0 Å². The zero-order valence-corrected chi connectivity index (χ0v) is 14.7. The van der Waals surface area contributed by atoms with Crippen LogP contribution in [0, 0.1) is 0 Å². The van der Waals surface area contributed by atoms with Crippen LogP contribution in [0.3, 0.4) is 0 Å². The highest BCUT2D eigenvalue weighted by Gasteiger charge is 2.14. The number of aromatic nitrogens is 6. The van der Waals surface area contributed by atoms with Gasteiger partial charge in [0.1, 0.15) is 5.75 Å². The number of rotatable bonds is 5. The normalized spacial score (nSPS) is 11.0. The first-order chi connectivity index (χ1) is 12.7. The van der Waals surface area contributed by atoms with E-state index in [-0.39, 0.29) is 5.75 Å². The molecular formula is C16H11ClN6O2S. The van der Waals surface area contributed by atoms with Crippen molar-refractivity contribution in [3.05, 3.63) is 59.4 Å². The highest BCUT2D eigenvalue weighted by Crippen LogP contribution is 2.28. The maximum Gasteiger partial charge on any atom is 0.249 e. The largest absolute Gasteiger partial charge is 0.508 e. The number of phenolic OH excluding ortho intramolecular Hbond substituents is 1. The topological polar surface area (TPSA) is 103 Å². The Hall–Kier alpha value is -2.91. The average molecular weight is 387 g/mol. The lowest BCUT2D eigenvalue weighted by atomic mass is 10.2. The Labute approximate surface area is 156 Å². The molecule has 0 aliphatic carbocycles. The fourth-order valence-corrected chi connectivity index (χ4v) is 3.15. The van der Waals surface area contributed by atoms with E-state index in [1.165, 1.54) is 11.8 Å². The number of tetrazole rings is 1. The van der Waals surface area contributed by atoms with E-state index in [1.54, 1.807) is 35.0 Å². The molecule has 0 saturated heterocycles. The monoisotopic (exact) mass is 386 g/mol. The van der Waals surface area contributed by atoms with Crippen LogP contribution in [0.4, 0.5) is 0 Å². The molecule has 4 rings (SSSR count). The molecule has 0 spiro atoms. The summed E-state index contributed by atoms with van der Waals surface area (Å²) in [7, 11) is 0. The molecule has 1 N–H and O–H groups in total. The van der Waals surface area contributed by atoms with Crippen molar-refractivity contribution in [1.82, 2.24) is 30.4 Å². The summed E-state index contributed by atoms with van der Waals surface area (Å²) in [4.78, 5) is 0. The van der Waals surface area contributed by atoms with Crippen LogP contribution >= 0.6 is 23.4 Å². The molecule has 0 saturated carbocycles. The maximum atomic E-state index is 9.39. The van der Waals surface area contributed by atoms with Crippen molar-refractivity contribution < 1.29 is 9.52 Å². The van der Waals surface area contributed by atoms with E-state index in [9.17, 15) is 5.11 Å². The van der Waals surface area contributed by atoms with Gasteiger partial charge in [-0.2, -0.15) is 4.68 Å². The van der Waals surface area contributed by atoms with Gasteiger partial charge in [-0.25, -0.2) is 0 Å². The summed E-state index contributed by atoms with van der Waals surface area (Å²) in [6.07, 6.45) is 0. The molecule has 0 unspecified atom stereocenters. The van der Waals surface area contributed by atoms with Crippen molar-refractivity contribution in [1.29, 1.82) is 0 Å². The minimum atomic E-state index is 0.175. The summed E-state index contributed by atoms with van der Waals surface area (Å²) < 4.78 is 7.24. The third-order valence-electron chi connectivity index (χ3n) is 3.43. The van der Waals surface area contributed by atoms with Crippen LogP contribution in [-0.4, -0.2) is 35.5 Å². The summed E-state index contributed by atoms with van der Waals surface area (Å²) in [6.45, 7) is 0. The molecule has 26 heavy (non-hydrogen) atoms. The van der Waals surface area contributed by atoms with E-state index in [2.05, 4.69) is 25.7 Å². The van der Waals surface area contributed by atoms with Gasteiger partial charge in [0.2, 0.25) is 16.9 Å². The Morgan fingerprint density at radius 2 is 1.85 bits per heavy atom. The number of nitrogens with zero attached hydrogens (tertiary/aromatic N) is 6. The first-order valence-corrected chi connectivity index (χ1v) is 8.85. The third kappa shape index (κ3) is 3.39. The van der Waals surface area contributed by atoms with E-state index >= 15 is 0 Å². The zero-order chi connectivity index (χ0) is 17.9. The van der Waals surface area contributed by atoms with Gasteiger partial charge in [0.05, 0.1) is 22.0 Å².